The van der Waals surface area contributed by atoms with Gasteiger partial charge in [0.2, 0.25) is 5.91 Å². The van der Waals surface area contributed by atoms with Crippen LogP contribution < -0.4 is 5.32 Å². The van der Waals surface area contributed by atoms with E-state index in [4.69, 9.17) is 4.42 Å². The summed E-state index contributed by atoms with van der Waals surface area (Å²) in [5.74, 6) is 1.57. The summed E-state index contributed by atoms with van der Waals surface area (Å²) in [5.41, 5.74) is 0. The maximum atomic E-state index is 11.9. The van der Waals surface area contributed by atoms with E-state index in [1.165, 1.54) is 37.7 Å². The Bertz CT molecular complexity index is 504. The number of nitrogens with one attached hydrogen (secondary N) is 1. The lowest BCUT2D eigenvalue weighted by atomic mass is 9.84. The fourth-order valence-electron chi connectivity index (χ4n) is 3.02. The number of hydrogen-bond acceptors (Lipinski definition) is 4. The number of thioether (sulfide) groups is 1. The van der Waals surface area contributed by atoms with Crippen LogP contribution in [0.25, 0.3) is 0 Å². The van der Waals surface area contributed by atoms with E-state index in [1.807, 2.05) is 18.4 Å². The van der Waals surface area contributed by atoms with Crippen LogP contribution in [0.15, 0.2) is 33.1 Å². The number of carbonyl (C=O) groups excluding carboxylic acids is 1. The van der Waals surface area contributed by atoms with Gasteiger partial charge in [-0.2, -0.15) is 0 Å². The summed E-state index contributed by atoms with van der Waals surface area (Å²) in [5, 5.41) is 4.97. The first-order valence-electron chi connectivity index (χ1n) is 7.12. The Balaban J connectivity index is 1.49. The predicted molar refractivity (Wildman–Crippen MR) is 79.5 cm³/mol. The van der Waals surface area contributed by atoms with Crippen LogP contribution in [0.3, 0.4) is 0 Å². The van der Waals surface area contributed by atoms with Gasteiger partial charge in [0.05, 0.1) is 11.2 Å². The fraction of sp³-hybridized carbons (Fsp3) is 0.533. The third kappa shape index (κ3) is 3.10. The number of fused-ring (bicyclic) bond motifs is 3. The number of nitrogens with zero attached hydrogens (tertiary/aromatic N) is 1. The monoisotopic (exact) mass is 292 g/mol. The van der Waals surface area contributed by atoms with Gasteiger partial charge in [-0.1, -0.05) is 11.8 Å². The fourth-order valence-corrected chi connectivity index (χ4v) is 3.71. The molecule has 1 amide bonds. The van der Waals surface area contributed by atoms with Gasteiger partial charge in [-0.05, 0) is 50.2 Å². The molecular weight excluding hydrogens is 272 g/mol. The number of rotatable bonds is 4. The van der Waals surface area contributed by atoms with Crippen LogP contribution in [0.1, 0.15) is 18.6 Å². The molecule has 3 aliphatic heterocycles. The van der Waals surface area contributed by atoms with E-state index in [1.54, 1.807) is 12.3 Å². The van der Waals surface area contributed by atoms with Crippen molar-refractivity contribution in [2.45, 2.75) is 30.7 Å². The highest BCUT2D eigenvalue weighted by molar-refractivity contribution is 8.02. The SMILES string of the molecule is Cc1occc1S/C=C/C(=O)NC1CN2CCC1CC2. The average Bonchev–Trinajstić information content (AvgIpc) is 2.86. The number of piperidine rings is 3. The van der Waals surface area contributed by atoms with E-state index in [2.05, 4.69) is 10.2 Å². The van der Waals surface area contributed by atoms with Gasteiger partial charge < -0.3 is 14.6 Å². The highest BCUT2D eigenvalue weighted by Crippen LogP contribution is 2.27. The number of aryl methyl sites for hydroxylation is 1. The molecule has 1 unspecified atom stereocenters. The molecule has 20 heavy (non-hydrogen) atoms. The standard InChI is InChI=1S/C15H20N2O2S/c1-11-14(4-8-19-11)20-9-5-15(18)16-13-10-17-6-2-12(13)3-7-17/h4-5,8-9,12-13H,2-3,6-7,10H2,1H3,(H,16,18)/b9-5+. The molecule has 0 saturated carbocycles. The largest absolute Gasteiger partial charge is 0.468 e. The zero-order valence-corrected chi connectivity index (χ0v) is 12.5. The molecular formula is C15H20N2O2S. The van der Waals surface area contributed by atoms with Crippen molar-refractivity contribution in [3.05, 3.63) is 29.6 Å². The Kier molecular flexibility index (Phi) is 4.17. The Labute approximate surface area is 123 Å². The van der Waals surface area contributed by atoms with Crippen molar-refractivity contribution in [1.29, 1.82) is 0 Å². The minimum absolute atomic E-state index is 0.0115. The maximum absolute atomic E-state index is 11.9. The molecule has 4 heterocycles. The van der Waals surface area contributed by atoms with Crippen molar-refractivity contribution in [1.82, 2.24) is 10.2 Å². The lowest BCUT2D eigenvalue weighted by Crippen LogP contribution is -2.57. The summed E-state index contributed by atoms with van der Waals surface area (Å²) in [6, 6.07) is 2.24. The lowest BCUT2D eigenvalue weighted by Gasteiger charge is -2.44. The van der Waals surface area contributed by atoms with Gasteiger partial charge in [-0.3, -0.25) is 4.79 Å². The molecule has 1 aromatic rings. The van der Waals surface area contributed by atoms with Crippen LogP contribution in [-0.2, 0) is 4.79 Å². The van der Waals surface area contributed by atoms with Gasteiger partial charge >= 0.3 is 0 Å². The van der Waals surface area contributed by atoms with E-state index in [-0.39, 0.29) is 5.91 Å². The van der Waals surface area contributed by atoms with Crippen molar-refractivity contribution in [3.8, 4) is 0 Å². The normalized spacial score (nSPS) is 28.9. The molecule has 4 rings (SSSR count). The Morgan fingerprint density at radius 3 is 2.90 bits per heavy atom. The van der Waals surface area contributed by atoms with Crippen molar-refractivity contribution >= 4 is 17.7 Å². The third-order valence-electron chi connectivity index (χ3n) is 4.21. The van der Waals surface area contributed by atoms with Gasteiger partial charge in [0, 0.05) is 18.7 Å². The highest BCUT2D eigenvalue weighted by atomic mass is 32.2. The predicted octanol–water partition coefficient (Wildman–Crippen LogP) is 2.40. The van der Waals surface area contributed by atoms with E-state index in [0.29, 0.717) is 12.0 Å². The summed E-state index contributed by atoms with van der Waals surface area (Å²) in [6.45, 7) is 5.33. The van der Waals surface area contributed by atoms with Gasteiger partial charge in [-0.15, -0.1) is 0 Å². The zero-order chi connectivity index (χ0) is 13.9. The van der Waals surface area contributed by atoms with Crippen LogP contribution >= 0.6 is 11.8 Å². The minimum Gasteiger partial charge on any atom is -0.468 e. The van der Waals surface area contributed by atoms with Crippen molar-refractivity contribution in [2.24, 2.45) is 5.92 Å². The topological polar surface area (TPSA) is 45.5 Å². The second kappa shape index (κ2) is 6.06. The molecule has 108 valence electrons. The molecule has 0 spiro atoms. The van der Waals surface area contributed by atoms with Crippen molar-refractivity contribution in [2.75, 3.05) is 19.6 Å². The van der Waals surface area contributed by atoms with E-state index in [9.17, 15) is 4.79 Å². The van der Waals surface area contributed by atoms with Crippen LogP contribution in [0.4, 0.5) is 0 Å². The molecule has 0 aromatic carbocycles. The second-order valence-corrected chi connectivity index (χ2v) is 6.46. The number of hydrogen-bond donors (Lipinski definition) is 1. The average molecular weight is 292 g/mol. The number of amides is 1. The minimum atomic E-state index is 0.0115. The number of furan rings is 1. The molecule has 4 nitrogen and oxygen atoms in total. The quantitative estimate of drug-likeness (QED) is 0.684. The van der Waals surface area contributed by atoms with Crippen LogP contribution in [-0.4, -0.2) is 36.5 Å². The van der Waals surface area contributed by atoms with Crippen LogP contribution in [0.5, 0.6) is 0 Å². The van der Waals surface area contributed by atoms with Gasteiger partial charge in [-0.25, -0.2) is 0 Å². The number of carbonyl (C=O) groups is 1. The van der Waals surface area contributed by atoms with E-state index >= 15 is 0 Å². The molecule has 3 saturated heterocycles. The van der Waals surface area contributed by atoms with Gasteiger partial charge in [0.1, 0.15) is 5.76 Å². The molecule has 2 bridgehead atoms. The maximum Gasteiger partial charge on any atom is 0.244 e. The summed E-state index contributed by atoms with van der Waals surface area (Å²) in [4.78, 5) is 15.4. The molecule has 3 fully saturated rings. The van der Waals surface area contributed by atoms with Crippen LogP contribution in [0.2, 0.25) is 0 Å². The Morgan fingerprint density at radius 2 is 2.30 bits per heavy atom. The smallest absolute Gasteiger partial charge is 0.244 e. The molecule has 0 radical (unpaired) electrons. The second-order valence-electron chi connectivity index (χ2n) is 5.51. The summed E-state index contributed by atoms with van der Waals surface area (Å²) >= 11 is 1.51. The summed E-state index contributed by atoms with van der Waals surface area (Å²) in [6.07, 6.45) is 5.72. The van der Waals surface area contributed by atoms with E-state index in [0.717, 1.165) is 17.2 Å². The van der Waals surface area contributed by atoms with Crippen molar-refractivity contribution < 1.29 is 9.21 Å². The molecule has 0 aliphatic carbocycles. The molecule has 1 N–H and O–H groups in total. The Hall–Kier alpha value is -1.20. The molecule has 3 aliphatic rings. The Morgan fingerprint density at radius 1 is 1.50 bits per heavy atom. The summed E-state index contributed by atoms with van der Waals surface area (Å²) < 4.78 is 5.22. The molecule has 5 heteroatoms. The van der Waals surface area contributed by atoms with Gasteiger partial charge in [0.15, 0.2) is 0 Å². The molecule has 1 aromatic heterocycles. The van der Waals surface area contributed by atoms with Gasteiger partial charge in [0.25, 0.3) is 0 Å². The van der Waals surface area contributed by atoms with Crippen LogP contribution in [0, 0.1) is 12.8 Å². The zero-order valence-electron chi connectivity index (χ0n) is 11.7. The first-order valence-corrected chi connectivity index (χ1v) is 8.00. The summed E-state index contributed by atoms with van der Waals surface area (Å²) in [7, 11) is 0. The third-order valence-corrected chi connectivity index (χ3v) is 5.16. The van der Waals surface area contributed by atoms with Crippen molar-refractivity contribution in [3.63, 3.8) is 0 Å². The highest BCUT2D eigenvalue weighted by Gasteiger charge is 2.34. The first-order chi connectivity index (χ1) is 9.72. The lowest BCUT2D eigenvalue weighted by molar-refractivity contribution is -0.118. The molecule has 1 atom stereocenters. The first kappa shape index (κ1) is 13.8. The van der Waals surface area contributed by atoms with E-state index < -0.39 is 0 Å².